The van der Waals surface area contributed by atoms with Gasteiger partial charge in [-0.05, 0) is 18.9 Å². The number of aromatic nitrogens is 3. The molecular weight excluding hydrogens is 393 g/mol. The summed E-state index contributed by atoms with van der Waals surface area (Å²) >= 11 is 6.24. The minimum absolute atomic E-state index is 0.00469. The molecule has 0 spiro atoms. The van der Waals surface area contributed by atoms with Crippen molar-refractivity contribution in [3.05, 3.63) is 29.4 Å². The van der Waals surface area contributed by atoms with Crippen molar-refractivity contribution in [2.45, 2.75) is 24.7 Å². The first-order valence-corrected chi connectivity index (χ1v) is 8.86. The Bertz CT molecular complexity index is 1050. The number of anilines is 2. The Morgan fingerprint density at radius 3 is 2.86 bits per heavy atom. The molecule has 11 heteroatoms. The second-order valence-corrected chi connectivity index (χ2v) is 7.07. The third-order valence-electron chi connectivity index (χ3n) is 4.93. The summed E-state index contributed by atoms with van der Waals surface area (Å²) in [5, 5.41) is 33.4. The third-order valence-corrected chi connectivity index (χ3v) is 5.20. The number of hydrogen-bond donors (Lipinski definition) is 5. The number of halogens is 2. The Kier molecular flexibility index (Phi) is 4.58. The minimum atomic E-state index is -1.77. The molecule has 4 rings (SSSR count). The molecule has 0 aliphatic heterocycles. The number of aliphatic hydroxyl groups is 3. The molecule has 0 saturated heterocycles. The van der Waals surface area contributed by atoms with Crippen molar-refractivity contribution < 1.29 is 24.1 Å². The fourth-order valence-electron chi connectivity index (χ4n) is 3.44. The number of aliphatic hydroxyl groups excluding tert-OH is 2. The molecule has 9 nitrogen and oxygen atoms in total. The highest BCUT2D eigenvalue weighted by Crippen LogP contribution is 2.41. The number of nitrogen functional groups attached to an aromatic ring is 1. The zero-order chi connectivity index (χ0) is 20.1. The molecule has 1 fully saturated rings. The van der Waals surface area contributed by atoms with Gasteiger partial charge in [-0.3, -0.25) is 4.98 Å². The lowest BCUT2D eigenvalue weighted by molar-refractivity contribution is -0.0545. The van der Waals surface area contributed by atoms with Crippen molar-refractivity contribution in [1.82, 2.24) is 15.0 Å². The van der Waals surface area contributed by atoms with Crippen molar-refractivity contribution in [1.29, 1.82) is 0 Å². The smallest absolute Gasteiger partial charge is 0.223 e. The number of hydrogen-bond acceptors (Lipinski definition) is 9. The van der Waals surface area contributed by atoms with Gasteiger partial charge in [0.2, 0.25) is 5.95 Å². The predicted octanol–water partition coefficient (Wildman–Crippen LogP) is 1.52. The molecular formula is C17H17ClFN5O4. The zero-order valence-electron chi connectivity index (χ0n) is 14.4. The van der Waals surface area contributed by atoms with Gasteiger partial charge >= 0.3 is 0 Å². The maximum atomic E-state index is 14.0. The van der Waals surface area contributed by atoms with Gasteiger partial charge in [-0.25, -0.2) is 9.37 Å². The quantitative estimate of drug-likeness (QED) is 0.319. The SMILES string of the molecule is Nc1nc(Cl)c(-c2cc3c(F)cncc3o2)c(NC2(O)CCC(CO)C2O)n1. The van der Waals surface area contributed by atoms with Crippen LogP contribution in [-0.4, -0.2) is 48.7 Å². The summed E-state index contributed by atoms with van der Waals surface area (Å²) in [6.45, 7) is -0.277. The van der Waals surface area contributed by atoms with E-state index in [0.29, 0.717) is 6.42 Å². The topological polar surface area (TPSA) is 151 Å². The van der Waals surface area contributed by atoms with E-state index in [4.69, 9.17) is 21.8 Å². The highest BCUT2D eigenvalue weighted by atomic mass is 35.5. The van der Waals surface area contributed by atoms with Crippen molar-refractivity contribution in [2.24, 2.45) is 5.92 Å². The van der Waals surface area contributed by atoms with Crippen molar-refractivity contribution in [3.63, 3.8) is 0 Å². The van der Waals surface area contributed by atoms with E-state index in [0.717, 1.165) is 6.20 Å². The Hall–Kier alpha value is -2.53. The molecule has 3 unspecified atom stereocenters. The Morgan fingerprint density at radius 2 is 2.18 bits per heavy atom. The summed E-state index contributed by atoms with van der Waals surface area (Å²) in [5.41, 5.74) is 4.23. The lowest BCUT2D eigenvalue weighted by Gasteiger charge is -2.30. The molecule has 1 aliphatic carbocycles. The Labute approximate surface area is 163 Å². The first kappa shape index (κ1) is 18.8. The lowest BCUT2D eigenvalue weighted by Crippen LogP contribution is -2.48. The van der Waals surface area contributed by atoms with Crippen molar-refractivity contribution in [2.75, 3.05) is 17.7 Å². The number of fused-ring (bicyclic) bond motifs is 1. The van der Waals surface area contributed by atoms with Gasteiger partial charge in [0, 0.05) is 12.5 Å². The Balaban J connectivity index is 1.81. The van der Waals surface area contributed by atoms with Gasteiger partial charge < -0.3 is 30.8 Å². The van der Waals surface area contributed by atoms with E-state index in [1.165, 1.54) is 12.3 Å². The second-order valence-electron chi connectivity index (χ2n) is 6.72. The molecule has 0 aromatic carbocycles. The van der Waals surface area contributed by atoms with Gasteiger partial charge in [-0.1, -0.05) is 11.6 Å². The van der Waals surface area contributed by atoms with Crippen LogP contribution in [0.3, 0.4) is 0 Å². The van der Waals surface area contributed by atoms with Crippen LogP contribution in [0.4, 0.5) is 16.2 Å². The molecule has 148 valence electrons. The molecule has 28 heavy (non-hydrogen) atoms. The summed E-state index contributed by atoms with van der Waals surface area (Å²) < 4.78 is 19.6. The molecule has 0 amide bonds. The first-order valence-electron chi connectivity index (χ1n) is 8.48. The van der Waals surface area contributed by atoms with Crippen LogP contribution in [0.25, 0.3) is 22.3 Å². The molecule has 0 bridgehead atoms. The molecule has 1 saturated carbocycles. The highest BCUT2D eigenvalue weighted by molar-refractivity contribution is 6.32. The molecule has 1 aliphatic rings. The van der Waals surface area contributed by atoms with E-state index < -0.39 is 23.6 Å². The lowest BCUT2D eigenvalue weighted by atomic mass is 10.0. The van der Waals surface area contributed by atoms with E-state index in [1.54, 1.807) is 0 Å². The number of furan rings is 1. The van der Waals surface area contributed by atoms with Crippen LogP contribution in [0.5, 0.6) is 0 Å². The first-order chi connectivity index (χ1) is 13.3. The van der Waals surface area contributed by atoms with Crippen LogP contribution in [0.1, 0.15) is 12.8 Å². The average Bonchev–Trinajstić information content (AvgIpc) is 3.17. The number of nitrogens with zero attached hydrogens (tertiary/aromatic N) is 3. The van der Waals surface area contributed by atoms with E-state index >= 15 is 0 Å². The molecule has 0 radical (unpaired) electrons. The number of nitrogens with one attached hydrogen (secondary N) is 1. The number of pyridine rings is 1. The van der Waals surface area contributed by atoms with E-state index in [1.807, 2.05) is 0 Å². The maximum Gasteiger partial charge on any atom is 0.223 e. The monoisotopic (exact) mass is 409 g/mol. The molecule has 3 aromatic rings. The van der Waals surface area contributed by atoms with Crippen LogP contribution in [0.15, 0.2) is 22.9 Å². The number of rotatable bonds is 4. The van der Waals surface area contributed by atoms with E-state index in [-0.39, 0.29) is 52.2 Å². The van der Waals surface area contributed by atoms with Crippen LogP contribution in [0.2, 0.25) is 5.15 Å². The molecule has 6 N–H and O–H groups in total. The van der Waals surface area contributed by atoms with Gasteiger partial charge in [-0.15, -0.1) is 0 Å². The third kappa shape index (κ3) is 3.04. The normalized spacial score (nSPS) is 24.8. The van der Waals surface area contributed by atoms with Crippen molar-refractivity contribution in [3.8, 4) is 11.3 Å². The van der Waals surface area contributed by atoms with Crippen LogP contribution in [-0.2, 0) is 0 Å². The van der Waals surface area contributed by atoms with Crippen molar-refractivity contribution >= 4 is 34.3 Å². The fourth-order valence-corrected chi connectivity index (χ4v) is 3.71. The predicted molar refractivity (Wildman–Crippen MR) is 98.8 cm³/mol. The second kappa shape index (κ2) is 6.82. The van der Waals surface area contributed by atoms with E-state index in [9.17, 15) is 19.7 Å². The molecule has 3 aromatic heterocycles. The standard InChI is InChI=1S/C17H17ClFN5O4/c18-14-12(10-3-8-9(19)4-21-5-11(8)28-10)15(23-16(20)22-14)24-17(27)2-1-7(6-25)13(17)26/h3-5,7,13,25-27H,1-2,6H2,(H3,20,22,23,24). The largest absolute Gasteiger partial charge is 0.454 e. The van der Waals surface area contributed by atoms with Gasteiger partial charge in [0.25, 0.3) is 0 Å². The van der Waals surface area contributed by atoms with Gasteiger partial charge in [0.1, 0.15) is 22.8 Å². The van der Waals surface area contributed by atoms with Gasteiger partial charge in [0.15, 0.2) is 17.1 Å². The van der Waals surface area contributed by atoms with Gasteiger partial charge in [-0.2, -0.15) is 4.98 Å². The average molecular weight is 410 g/mol. The Morgan fingerprint density at radius 1 is 1.39 bits per heavy atom. The number of nitrogens with two attached hydrogens (primary N) is 1. The maximum absolute atomic E-state index is 14.0. The summed E-state index contributed by atoms with van der Waals surface area (Å²) in [7, 11) is 0. The zero-order valence-corrected chi connectivity index (χ0v) is 15.2. The summed E-state index contributed by atoms with van der Waals surface area (Å²) in [6, 6.07) is 1.41. The van der Waals surface area contributed by atoms with Gasteiger partial charge in [0.05, 0.1) is 23.3 Å². The minimum Gasteiger partial charge on any atom is -0.454 e. The van der Waals surface area contributed by atoms with Crippen LogP contribution >= 0.6 is 11.6 Å². The summed E-state index contributed by atoms with van der Waals surface area (Å²) in [5.74, 6) is -1.11. The van der Waals surface area contributed by atoms with Crippen LogP contribution < -0.4 is 11.1 Å². The highest BCUT2D eigenvalue weighted by Gasteiger charge is 2.47. The fraction of sp³-hybridized carbons (Fsp3) is 0.353. The molecule has 3 heterocycles. The summed E-state index contributed by atoms with van der Waals surface area (Å²) in [6.07, 6.45) is 1.69. The van der Waals surface area contributed by atoms with E-state index in [2.05, 4.69) is 20.3 Å². The van der Waals surface area contributed by atoms with Crippen LogP contribution in [0, 0.1) is 11.7 Å². The molecule has 3 atom stereocenters. The summed E-state index contributed by atoms with van der Waals surface area (Å²) in [4.78, 5) is 11.7.